The number of hydrogen-bond donors (Lipinski definition) is 0. The van der Waals surface area contributed by atoms with Gasteiger partial charge in [0.2, 0.25) is 11.8 Å². The van der Waals surface area contributed by atoms with Crippen molar-refractivity contribution in [3.05, 3.63) is 66.2 Å². The number of carbonyl (C=O) groups is 3. The molecule has 2 aliphatic rings. The second kappa shape index (κ2) is 8.14. The fourth-order valence-corrected chi connectivity index (χ4v) is 4.17. The van der Waals surface area contributed by atoms with Crippen LogP contribution in [-0.2, 0) is 20.8 Å². The molecule has 30 heavy (non-hydrogen) atoms. The molecule has 3 unspecified atom stereocenters. The lowest BCUT2D eigenvalue weighted by atomic mass is 9.78. The van der Waals surface area contributed by atoms with Gasteiger partial charge < -0.3 is 9.47 Å². The molecular formula is C24H23NO5. The molecule has 1 aliphatic heterocycles. The van der Waals surface area contributed by atoms with E-state index in [2.05, 4.69) is 0 Å². The first-order valence-electron chi connectivity index (χ1n) is 9.96. The van der Waals surface area contributed by atoms with Crippen molar-refractivity contribution in [3.8, 4) is 11.5 Å². The average Bonchev–Trinajstić information content (AvgIpc) is 3.00. The minimum absolute atomic E-state index is 0.0238. The molecule has 2 aromatic rings. The summed E-state index contributed by atoms with van der Waals surface area (Å²) >= 11 is 0. The molecule has 0 N–H and O–H groups in total. The predicted octanol–water partition coefficient (Wildman–Crippen LogP) is 3.54. The Balaban J connectivity index is 1.48. The van der Waals surface area contributed by atoms with Gasteiger partial charge in [0.1, 0.15) is 11.5 Å². The third-order valence-electron chi connectivity index (χ3n) is 5.69. The summed E-state index contributed by atoms with van der Waals surface area (Å²) in [6, 6.07) is 13.7. The lowest BCUT2D eigenvalue weighted by Crippen LogP contribution is -2.31. The second-order valence-corrected chi connectivity index (χ2v) is 7.66. The van der Waals surface area contributed by atoms with Crippen molar-refractivity contribution in [3.63, 3.8) is 0 Å². The summed E-state index contributed by atoms with van der Waals surface area (Å²) in [5, 5.41) is 0. The molecule has 3 atom stereocenters. The minimum Gasteiger partial charge on any atom is -0.497 e. The maximum absolute atomic E-state index is 12.9. The minimum atomic E-state index is -0.428. The molecule has 6 heteroatoms. The number of allylic oxidation sites excluding steroid dienone is 2. The molecule has 2 aromatic carbocycles. The van der Waals surface area contributed by atoms with Gasteiger partial charge in [-0.05, 0) is 42.2 Å². The summed E-state index contributed by atoms with van der Waals surface area (Å²) in [5.41, 5.74) is 1.23. The Morgan fingerprint density at radius 1 is 1.07 bits per heavy atom. The van der Waals surface area contributed by atoms with Gasteiger partial charge in [0.15, 0.2) is 0 Å². The highest BCUT2D eigenvalue weighted by Gasteiger charge is 2.50. The van der Waals surface area contributed by atoms with Crippen LogP contribution in [0.3, 0.4) is 0 Å². The van der Waals surface area contributed by atoms with Crippen LogP contribution in [0.15, 0.2) is 60.7 Å². The molecule has 0 saturated carbocycles. The third-order valence-corrected chi connectivity index (χ3v) is 5.69. The first kappa shape index (κ1) is 19.9. The van der Waals surface area contributed by atoms with E-state index in [1.165, 1.54) is 4.90 Å². The van der Waals surface area contributed by atoms with Crippen LogP contribution in [0, 0.1) is 17.8 Å². The van der Waals surface area contributed by atoms with Crippen LogP contribution in [0.2, 0.25) is 0 Å². The van der Waals surface area contributed by atoms with E-state index < -0.39 is 5.97 Å². The Morgan fingerprint density at radius 2 is 1.83 bits per heavy atom. The van der Waals surface area contributed by atoms with Crippen LogP contribution in [-0.4, -0.2) is 24.9 Å². The summed E-state index contributed by atoms with van der Waals surface area (Å²) in [5.74, 6) is -0.426. The maximum atomic E-state index is 12.9. The van der Waals surface area contributed by atoms with E-state index in [9.17, 15) is 14.4 Å². The molecule has 1 fully saturated rings. The molecule has 0 radical (unpaired) electrons. The largest absolute Gasteiger partial charge is 0.497 e. The van der Waals surface area contributed by atoms with Gasteiger partial charge in [0, 0.05) is 6.07 Å². The zero-order chi connectivity index (χ0) is 21.3. The number of fused-ring (bicyclic) bond motifs is 1. The van der Waals surface area contributed by atoms with Crippen molar-refractivity contribution >= 4 is 23.5 Å². The summed E-state index contributed by atoms with van der Waals surface area (Å²) in [7, 11) is 1.58. The standard InChI is InChI=1S/C24H23NO5/c1-15-5-3-8-20-22(15)24(28)25(23(20)27)17-6-4-7-19(14-17)30-21(26)13-16-9-11-18(29-2)12-10-16/h3-7,9-12,14-15,20,22H,8,13H2,1-2H3. The molecule has 6 nitrogen and oxygen atoms in total. The van der Waals surface area contributed by atoms with Crippen molar-refractivity contribution in [1.29, 1.82) is 0 Å². The van der Waals surface area contributed by atoms with Gasteiger partial charge >= 0.3 is 5.97 Å². The topological polar surface area (TPSA) is 72.9 Å². The van der Waals surface area contributed by atoms with Crippen LogP contribution >= 0.6 is 0 Å². The Hall–Kier alpha value is -3.41. The van der Waals surface area contributed by atoms with Gasteiger partial charge in [-0.3, -0.25) is 14.4 Å². The van der Waals surface area contributed by atoms with E-state index in [1.54, 1.807) is 55.6 Å². The van der Waals surface area contributed by atoms with Crippen LogP contribution < -0.4 is 14.4 Å². The van der Waals surface area contributed by atoms with Crippen molar-refractivity contribution in [2.75, 3.05) is 12.0 Å². The number of rotatable bonds is 5. The van der Waals surface area contributed by atoms with Gasteiger partial charge in [-0.1, -0.05) is 37.3 Å². The number of nitrogens with zero attached hydrogens (tertiary/aromatic N) is 1. The molecule has 1 aliphatic carbocycles. The monoisotopic (exact) mass is 405 g/mol. The molecule has 154 valence electrons. The molecule has 0 bridgehead atoms. The highest BCUT2D eigenvalue weighted by Crippen LogP contribution is 2.40. The number of anilines is 1. The number of methoxy groups -OCH3 is 1. The zero-order valence-corrected chi connectivity index (χ0v) is 16.9. The maximum Gasteiger partial charge on any atom is 0.315 e. The van der Waals surface area contributed by atoms with Gasteiger partial charge in [-0.2, -0.15) is 0 Å². The van der Waals surface area contributed by atoms with E-state index in [1.807, 2.05) is 19.1 Å². The number of esters is 1. The Morgan fingerprint density at radius 3 is 2.53 bits per heavy atom. The number of imide groups is 1. The summed E-state index contributed by atoms with van der Waals surface area (Å²) in [6.07, 6.45) is 4.64. The van der Waals surface area contributed by atoms with E-state index in [4.69, 9.17) is 9.47 Å². The van der Waals surface area contributed by atoms with Crippen LogP contribution in [0.1, 0.15) is 18.9 Å². The quantitative estimate of drug-likeness (QED) is 0.329. The predicted molar refractivity (Wildman–Crippen MR) is 111 cm³/mol. The lowest BCUT2D eigenvalue weighted by Gasteiger charge is -2.22. The lowest BCUT2D eigenvalue weighted by molar-refractivity contribution is -0.133. The van der Waals surface area contributed by atoms with Gasteiger partial charge in [-0.15, -0.1) is 0 Å². The molecule has 1 saturated heterocycles. The number of ether oxygens (including phenoxy) is 2. The van der Waals surface area contributed by atoms with Crippen LogP contribution in [0.25, 0.3) is 0 Å². The van der Waals surface area contributed by atoms with Crippen LogP contribution in [0.4, 0.5) is 5.69 Å². The average molecular weight is 405 g/mol. The van der Waals surface area contributed by atoms with Crippen molar-refractivity contribution < 1.29 is 23.9 Å². The first-order chi connectivity index (χ1) is 14.5. The normalized spacial score (nSPS) is 22.7. The van der Waals surface area contributed by atoms with E-state index in [0.29, 0.717) is 23.6 Å². The first-order valence-corrected chi connectivity index (χ1v) is 9.96. The SMILES string of the molecule is COc1ccc(CC(=O)Oc2cccc(N3C(=O)C4CC=CC(C)C4C3=O)c2)cc1. The summed E-state index contributed by atoms with van der Waals surface area (Å²) in [6.45, 7) is 1.96. The molecule has 0 spiro atoms. The van der Waals surface area contributed by atoms with Gasteiger partial charge in [0.05, 0.1) is 31.1 Å². The van der Waals surface area contributed by atoms with Gasteiger partial charge in [-0.25, -0.2) is 4.90 Å². The number of benzene rings is 2. The van der Waals surface area contributed by atoms with E-state index in [0.717, 1.165) is 5.56 Å². The number of hydrogen-bond acceptors (Lipinski definition) is 5. The second-order valence-electron chi connectivity index (χ2n) is 7.66. The van der Waals surface area contributed by atoms with Crippen molar-refractivity contribution in [2.24, 2.45) is 17.8 Å². The summed E-state index contributed by atoms with van der Waals surface area (Å²) < 4.78 is 10.6. The Kier molecular flexibility index (Phi) is 5.40. The summed E-state index contributed by atoms with van der Waals surface area (Å²) in [4.78, 5) is 39.4. The fourth-order valence-electron chi connectivity index (χ4n) is 4.17. The molecule has 2 amide bonds. The van der Waals surface area contributed by atoms with Gasteiger partial charge in [0.25, 0.3) is 0 Å². The van der Waals surface area contributed by atoms with Crippen LogP contribution in [0.5, 0.6) is 11.5 Å². The highest BCUT2D eigenvalue weighted by atomic mass is 16.5. The van der Waals surface area contributed by atoms with E-state index in [-0.39, 0.29) is 36.0 Å². The molecule has 4 rings (SSSR count). The molecule has 0 aromatic heterocycles. The third kappa shape index (κ3) is 3.73. The van der Waals surface area contributed by atoms with Crippen molar-refractivity contribution in [1.82, 2.24) is 0 Å². The molecule has 1 heterocycles. The smallest absolute Gasteiger partial charge is 0.315 e. The fraction of sp³-hybridized carbons (Fsp3) is 0.292. The highest BCUT2D eigenvalue weighted by molar-refractivity contribution is 6.22. The zero-order valence-electron chi connectivity index (χ0n) is 16.9. The number of amides is 2. The number of carbonyl (C=O) groups excluding carboxylic acids is 3. The molecular weight excluding hydrogens is 382 g/mol. The van der Waals surface area contributed by atoms with Crippen molar-refractivity contribution in [2.45, 2.75) is 19.8 Å². The van der Waals surface area contributed by atoms with E-state index >= 15 is 0 Å². The Bertz CT molecular complexity index is 1010. The Labute approximate surface area is 175 Å².